The highest BCUT2D eigenvalue weighted by atomic mass is 32.1. The van der Waals surface area contributed by atoms with Crippen molar-refractivity contribution in [3.63, 3.8) is 0 Å². The average Bonchev–Trinajstić information content (AvgIpc) is 3.06. The molecule has 0 fully saturated rings. The monoisotopic (exact) mass is 416 g/mol. The molecule has 0 bridgehead atoms. The molecule has 1 amide bonds. The number of fused-ring (bicyclic) bond motifs is 1. The average molecular weight is 416 g/mol. The topological polar surface area (TPSA) is 69.9 Å². The number of unbranched alkanes of at least 4 members (excludes halogenated alkanes) is 1. The Labute approximate surface area is 171 Å². The van der Waals surface area contributed by atoms with Crippen molar-refractivity contribution in [1.29, 1.82) is 0 Å². The number of hydrogen-bond donors (Lipinski definition) is 0. The molecular weight excluding hydrogens is 395 g/mol. The van der Waals surface area contributed by atoms with Crippen molar-refractivity contribution in [2.24, 2.45) is 4.99 Å². The number of methoxy groups -OCH3 is 1. The summed E-state index contributed by atoms with van der Waals surface area (Å²) in [6.45, 7) is 2.46. The van der Waals surface area contributed by atoms with Crippen LogP contribution < -0.4 is 9.54 Å². The van der Waals surface area contributed by atoms with Crippen LogP contribution in [0.25, 0.3) is 10.2 Å². The Hall–Kier alpha value is -3.00. The van der Waals surface area contributed by atoms with Gasteiger partial charge < -0.3 is 14.0 Å². The van der Waals surface area contributed by atoms with Crippen LogP contribution in [0.3, 0.4) is 0 Å². The van der Waals surface area contributed by atoms with Gasteiger partial charge in [0, 0.05) is 5.56 Å². The molecule has 0 aliphatic heterocycles. The Balaban J connectivity index is 1.94. The molecule has 0 N–H and O–H groups in total. The van der Waals surface area contributed by atoms with Crippen LogP contribution in [0.1, 0.15) is 30.1 Å². The number of hydrogen-bond acceptors (Lipinski definition) is 5. The Bertz CT molecular complexity index is 1090. The minimum Gasteiger partial charge on any atom is -0.494 e. The minimum atomic E-state index is -0.560. The second-order valence-corrected chi connectivity index (χ2v) is 7.29. The summed E-state index contributed by atoms with van der Waals surface area (Å²) < 4.78 is 26.6. The van der Waals surface area contributed by atoms with Gasteiger partial charge in [0.1, 0.15) is 18.1 Å². The second-order valence-electron chi connectivity index (χ2n) is 6.28. The highest BCUT2D eigenvalue weighted by Gasteiger charge is 2.15. The first kappa shape index (κ1) is 20.7. The Morgan fingerprint density at radius 2 is 1.93 bits per heavy atom. The third-order valence-corrected chi connectivity index (χ3v) is 5.28. The quantitative estimate of drug-likeness (QED) is 0.432. The van der Waals surface area contributed by atoms with Gasteiger partial charge in [-0.1, -0.05) is 30.7 Å². The molecule has 2 aromatic carbocycles. The molecule has 0 unspecified atom stereocenters. The van der Waals surface area contributed by atoms with Gasteiger partial charge in [0.25, 0.3) is 5.91 Å². The first-order chi connectivity index (χ1) is 14.0. The predicted molar refractivity (Wildman–Crippen MR) is 109 cm³/mol. The lowest BCUT2D eigenvalue weighted by Crippen LogP contribution is -2.22. The summed E-state index contributed by atoms with van der Waals surface area (Å²) >= 11 is 1.13. The summed E-state index contributed by atoms with van der Waals surface area (Å²) in [5.41, 5.74) is 0.588. The van der Waals surface area contributed by atoms with E-state index in [4.69, 9.17) is 9.47 Å². The molecule has 0 aliphatic rings. The molecule has 152 valence electrons. The van der Waals surface area contributed by atoms with Gasteiger partial charge in [-0.25, -0.2) is 4.39 Å². The molecule has 0 radical (unpaired) electrons. The summed E-state index contributed by atoms with van der Waals surface area (Å²) in [6.07, 6.45) is 2.00. The lowest BCUT2D eigenvalue weighted by atomic mass is 10.2. The lowest BCUT2D eigenvalue weighted by molar-refractivity contribution is -0.141. The molecule has 0 spiro atoms. The molecule has 1 aromatic heterocycles. The van der Waals surface area contributed by atoms with Gasteiger partial charge in [-0.05, 0) is 42.8 Å². The number of ether oxygens (including phenoxy) is 2. The van der Waals surface area contributed by atoms with Gasteiger partial charge in [0.2, 0.25) is 0 Å². The lowest BCUT2D eigenvalue weighted by Gasteiger charge is -2.05. The normalized spacial score (nSPS) is 11.6. The Kier molecular flexibility index (Phi) is 6.77. The summed E-state index contributed by atoms with van der Waals surface area (Å²) in [5.74, 6) is -0.865. The molecule has 3 rings (SSSR count). The van der Waals surface area contributed by atoms with Crippen molar-refractivity contribution >= 4 is 33.4 Å². The summed E-state index contributed by atoms with van der Waals surface area (Å²) in [6, 6.07) is 11.3. The molecule has 0 atom stereocenters. The van der Waals surface area contributed by atoms with Gasteiger partial charge in [-0.2, -0.15) is 4.99 Å². The van der Waals surface area contributed by atoms with E-state index in [1.807, 2.05) is 0 Å². The molecule has 6 nitrogen and oxygen atoms in total. The third kappa shape index (κ3) is 4.89. The Morgan fingerprint density at radius 3 is 2.62 bits per heavy atom. The van der Waals surface area contributed by atoms with E-state index in [2.05, 4.69) is 11.9 Å². The maximum absolute atomic E-state index is 14.3. The fraction of sp³-hybridized carbons (Fsp3) is 0.286. The summed E-state index contributed by atoms with van der Waals surface area (Å²) in [4.78, 5) is 28.8. The van der Waals surface area contributed by atoms with E-state index >= 15 is 0 Å². The molecule has 29 heavy (non-hydrogen) atoms. The van der Waals surface area contributed by atoms with Crippen LogP contribution in [-0.2, 0) is 16.1 Å². The number of amides is 1. The number of rotatable bonds is 7. The number of carbonyl (C=O) groups is 2. The largest absolute Gasteiger partial charge is 0.494 e. The number of esters is 1. The molecule has 1 heterocycles. The van der Waals surface area contributed by atoms with Crippen LogP contribution in [0.15, 0.2) is 47.5 Å². The van der Waals surface area contributed by atoms with Crippen LogP contribution in [0.4, 0.5) is 4.39 Å². The molecule has 8 heteroatoms. The van der Waals surface area contributed by atoms with E-state index in [0.717, 1.165) is 24.2 Å². The van der Waals surface area contributed by atoms with Crippen molar-refractivity contribution in [3.05, 3.63) is 58.6 Å². The van der Waals surface area contributed by atoms with E-state index in [-0.39, 0.29) is 16.9 Å². The van der Waals surface area contributed by atoms with Crippen molar-refractivity contribution in [3.8, 4) is 5.75 Å². The third-order valence-electron chi connectivity index (χ3n) is 4.23. The van der Waals surface area contributed by atoms with Crippen LogP contribution >= 0.6 is 11.3 Å². The van der Waals surface area contributed by atoms with E-state index in [1.165, 1.54) is 17.7 Å². The maximum atomic E-state index is 14.3. The second kappa shape index (κ2) is 9.47. The van der Waals surface area contributed by atoms with Gasteiger partial charge in [0.05, 0.1) is 23.9 Å². The first-order valence-electron chi connectivity index (χ1n) is 9.20. The number of benzene rings is 2. The van der Waals surface area contributed by atoms with Gasteiger partial charge >= 0.3 is 5.97 Å². The van der Waals surface area contributed by atoms with Gasteiger partial charge in [-0.15, -0.1) is 0 Å². The number of halogens is 1. The van der Waals surface area contributed by atoms with Crippen LogP contribution in [-0.4, -0.2) is 30.2 Å². The number of aromatic nitrogens is 1. The number of nitrogens with zero attached hydrogens (tertiary/aromatic N) is 2. The van der Waals surface area contributed by atoms with Gasteiger partial charge in [-0.3, -0.25) is 9.59 Å². The fourth-order valence-electron chi connectivity index (χ4n) is 2.69. The summed E-state index contributed by atoms with van der Waals surface area (Å²) in [5, 5.41) is 0. The molecule has 3 aromatic rings. The first-order valence-corrected chi connectivity index (χ1v) is 10.0. The molecule has 0 aliphatic carbocycles. The van der Waals surface area contributed by atoms with Crippen molar-refractivity contribution in [2.75, 3.05) is 13.7 Å². The van der Waals surface area contributed by atoms with Crippen molar-refractivity contribution < 1.29 is 23.5 Å². The molecule has 0 saturated carbocycles. The van der Waals surface area contributed by atoms with Crippen LogP contribution in [0, 0.1) is 5.82 Å². The molecular formula is C21H21FN2O4S. The zero-order valence-corrected chi connectivity index (χ0v) is 17.0. The smallest absolute Gasteiger partial charge is 0.325 e. The number of thiazole rings is 1. The number of carbonyl (C=O) groups excluding carboxylic acids is 2. The zero-order valence-electron chi connectivity index (χ0n) is 16.2. The fourth-order valence-corrected chi connectivity index (χ4v) is 3.73. The van der Waals surface area contributed by atoms with Crippen LogP contribution in [0.2, 0.25) is 0 Å². The van der Waals surface area contributed by atoms with Crippen LogP contribution in [0.5, 0.6) is 5.75 Å². The zero-order chi connectivity index (χ0) is 20.8. The molecule has 0 saturated heterocycles. The number of para-hydroxylation sites is 1. The van der Waals surface area contributed by atoms with Crippen molar-refractivity contribution in [2.45, 2.75) is 26.3 Å². The van der Waals surface area contributed by atoms with Gasteiger partial charge in [0.15, 0.2) is 4.80 Å². The van der Waals surface area contributed by atoms with E-state index in [9.17, 15) is 14.0 Å². The van der Waals surface area contributed by atoms with E-state index in [1.54, 1.807) is 36.4 Å². The Morgan fingerprint density at radius 1 is 1.17 bits per heavy atom. The minimum absolute atomic E-state index is 0.217. The van der Waals surface area contributed by atoms with E-state index in [0.29, 0.717) is 22.6 Å². The SMILES string of the molecule is CCCCOc1ccc(C(=O)N=c2sc3cccc(F)c3n2CC(=O)OC)cc1. The maximum Gasteiger partial charge on any atom is 0.325 e. The predicted octanol–water partition coefficient (Wildman–Crippen LogP) is 3.93. The standard InChI is InChI=1S/C21H21FN2O4S/c1-3-4-12-28-15-10-8-14(9-11-15)20(26)23-21-24(13-18(25)27-2)19-16(22)6-5-7-17(19)29-21/h5-11H,3-4,12-13H2,1-2H3. The van der Waals surface area contributed by atoms with Crippen molar-refractivity contribution in [1.82, 2.24) is 4.57 Å². The summed E-state index contributed by atoms with van der Waals surface area (Å²) in [7, 11) is 1.25. The highest BCUT2D eigenvalue weighted by molar-refractivity contribution is 7.16. The van der Waals surface area contributed by atoms with E-state index < -0.39 is 17.7 Å². The highest BCUT2D eigenvalue weighted by Crippen LogP contribution is 2.21.